The van der Waals surface area contributed by atoms with Crippen molar-refractivity contribution in [1.29, 1.82) is 0 Å². The fourth-order valence-electron chi connectivity index (χ4n) is 3.22. The van der Waals surface area contributed by atoms with Crippen molar-refractivity contribution in [2.24, 2.45) is 5.92 Å². The first-order chi connectivity index (χ1) is 14.2. The Morgan fingerprint density at radius 3 is 2.40 bits per heavy atom. The van der Waals surface area contributed by atoms with Crippen LogP contribution < -0.4 is 5.43 Å². The average Bonchev–Trinajstić information content (AvgIpc) is 3.08. The third kappa shape index (κ3) is 4.92. The number of aryl methyl sites for hydroxylation is 2. The van der Waals surface area contributed by atoms with Gasteiger partial charge in [-0.15, -0.1) is 0 Å². The van der Waals surface area contributed by atoms with E-state index in [1.54, 1.807) is 30.3 Å². The topological polar surface area (TPSA) is 92.8 Å². The second-order valence-corrected chi connectivity index (χ2v) is 7.53. The van der Waals surface area contributed by atoms with Crippen LogP contribution >= 0.6 is 0 Å². The van der Waals surface area contributed by atoms with Gasteiger partial charge in [0.25, 0.3) is 5.91 Å². The van der Waals surface area contributed by atoms with Crippen molar-refractivity contribution < 1.29 is 23.9 Å². The number of hydrazine groups is 1. The van der Waals surface area contributed by atoms with Gasteiger partial charge in [-0.05, 0) is 32.9 Å². The molecular weight excluding hydrogens is 384 g/mol. The van der Waals surface area contributed by atoms with Crippen LogP contribution in [0.15, 0.2) is 48.5 Å². The number of carbonyl (C=O) groups excluding carboxylic acids is 4. The van der Waals surface area contributed by atoms with Crippen molar-refractivity contribution in [3.8, 4) is 0 Å². The Hall–Kier alpha value is -3.48. The number of ketones is 1. The highest BCUT2D eigenvalue weighted by atomic mass is 16.5. The highest BCUT2D eigenvalue weighted by Crippen LogP contribution is 2.19. The normalized spacial score (nSPS) is 16.8. The molecule has 1 saturated heterocycles. The zero-order valence-electron chi connectivity index (χ0n) is 17.2. The summed E-state index contributed by atoms with van der Waals surface area (Å²) in [4.78, 5) is 49.5. The third-order valence-electron chi connectivity index (χ3n) is 4.97. The van der Waals surface area contributed by atoms with Crippen LogP contribution in [0.1, 0.15) is 45.2 Å². The summed E-state index contributed by atoms with van der Waals surface area (Å²) in [5, 5.41) is 1.13. The summed E-state index contributed by atoms with van der Waals surface area (Å²) >= 11 is 0. The molecule has 0 saturated carbocycles. The maximum Gasteiger partial charge on any atom is 0.312 e. The van der Waals surface area contributed by atoms with Crippen LogP contribution in [0.25, 0.3) is 0 Å². The average molecular weight is 408 g/mol. The number of carbonyl (C=O) groups is 4. The van der Waals surface area contributed by atoms with Crippen LogP contribution in [0.5, 0.6) is 0 Å². The van der Waals surface area contributed by atoms with E-state index in [9.17, 15) is 19.2 Å². The summed E-state index contributed by atoms with van der Waals surface area (Å²) in [6, 6.07) is 14.0. The zero-order chi connectivity index (χ0) is 21.8. The molecule has 7 nitrogen and oxygen atoms in total. The van der Waals surface area contributed by atoms with Gasteiger partial charge >= 0.3 is 5.97 Å². The molecule has 2 amide bonds. The van der Waals surface area contributed by atoms with Crippen molar-refractivity contribution in [1.82, 2.24) is 10.4 Å². The summed E-state index contributed by atoms with van der Waals surface area (Å²) in [6.45, 7) is 5.29. The number of benzene rings is 2. The largest absolute Gasteiger partial charge is 0.454 e. The van der Waals surface area contributed by atoms with E-state index in [-0.39, 0.29) is 24.7 Å². The van der Waals surface area contributed by atoms with Crippen LogP contribution in [0, 0.1) is 19.8 Å². The number of rotatable bonds is 6. The van der Waals surface area contributed by atoms with E-state index in [2.05, 4.69) is 5.43 Å². The Bertz CT molecular complexity index is 983. The quantitative estimate of drug-likeness (QED) is 0.586. The van der Waals surface area contributed by atoms with Crippen molar-refractivity contribution in [2.45, 2.75) is 33.3 Å². The number of Topliss-reactive ketones (excluding diaryl/α,β-unsaturated/α-hetero) is 1. The number of esters is 1. The summed E-state index contributed by atoms with van der Waals surface area (Å²) in [5.41, 5.74) is 5.35. The van der Waals surface area contributed by atoms with Crippen LogP contribution in [0.2, 0.25) is 0 Å². The fraction of sp³-hybridized carbons (Fsp3) is 0.304. The summed E-state index contributed by atoms with van der Waals surface area (Å²) in [6.07, 6.45) is -1.05. The van der Waals surface area contributed by atoms with E-state index in [0.717, 1.165) is 16.1 Å². The predicted molar refractivity (Wildman–Crippen MR) is 110 cm³/mol. The van der Waals surface area contributed by atoms with E-state index in [0.29, 0.717) is 11.1 Å². The minimum absolute atomic E-state index is 0.000659. The monoisotopic (exact) mass is 408 g/mol. The first-order valence-corrected chi connectivity index (χ1v) is 9.74. The van der Waals surface area contributed by atoms with E-state index in [1.165, 1.54) is 6.92 Å². The number of ether oxygens (including phenoxy) is 1. The van der Waals surface area contributed by atoms with Gasteiger partial charge in [0, 0.05) is 17.5 Å². The standard InChI is InChI=1S/C23H24N2O5/c1-14-7-9-17(10-8-14)21(27)16(3)30-23(29)19-12-20(26)25(13-19)24-22(28)18-6-4-5-15(2)11-18/h4-11,16,19H,12-13H2,1-3H3,(H,24,28)/t16-,19+/m0/s1. The third-order valence-corrected chi connectivity index (χ3v) is 4.97. The van der Waals surface area contributed by atoms with Gasteiger partial charge in [-0.25, -0.2) is 0 Å². The van der Waals surface area contributed by atoms with Crippen molar-refractivity contribution in [3.05, 3.63) is 70.8 Å². The Kier molecular flexibility index (Phi) is 6.30. The number of hydrogen-bond acceptors (Lipinski definition) is 5. The molecule has 1 heterocycles. The van der Waals surface area contributed by atoms with E-state index in [4.69, 9.17) is 4.74 Å². The minimum Gasteiger partial charge on any atom is -0.454 e. The molecule has 0 aromatic heterocycles. The minimum atomic E-state index is -0.966. The highest BCUT2D eigenvalue weighted by Gasteiger charge is 2.37. The first-order valence-electron chi connectivity index (χ1n) is 9.74. The number of nitrogens with zero attached hydrogens (tertiary/aromatic N) is 1. The molecule has 3 rings (SSSR count). The van der Waals surface area contributed by atoms with Crippen molar-refractivity contribution >= 4 is 23.6 Å². The Labute approximate surface area is 175 Å². The SMILES string of the molecule is Cc1ccc(C(=O)[C@H](C)OC(=O)[C@@H]2CC(=O)N(NC(=O)c3cccc(C)c3)C2)cc1. The second-order valence-electron chi connectivity index (χ2n) is 7.53. The van der Waals surface area contributed by atoms with Crippen molar-refractivity contribution in [2.75, 3.05) is 6.54 Å². The molecule has 2 aromatic rings. The molecule has 0 unspecified atom stereocenters. The van der Waals surface area contributed by atoms with Gasteiger partial charge < -0.3 is 4.74 Å². The maximum atomic E-state index is 12.5. The van der Waals surface area contributed by atoms with Gasteiger partial charge in [-0.2, -0.15) is 0 Å². The van der Waals surface area contributed by atoms with E-state index < -0.39 is 23.9 Å². The molecule has 1 aliphatic rings. The summed E-state index contributed by atoms with van der Waals surface area (Å²) in [5.74, 6) is -2.50. The van der Waals surface area contributed by atoms with Gasteiger partial charge in [0.1, 0.15) is 0 Å². The lowest BCUT2D eigenvalue weighted by molar-refractivity contribution is -0.151. The van der Waals surface area contributed by atoms with Gasteiger partial charge in [-0.1, -0.05) is 47.5 Å². The zero-order valence-corrected chi connectivity index (χ0v) is 17.2. The first kappa shape index (κ1) is 21.2. The Balaban J connectivity index is 1.57. The lowest BCUT2D eigenvalue weighted by Gasteiger charge is -2.18. The molecule has 0 bridgehead atoms. The second kappa shape index (κ2) is 8.90. The maximum absolute atomic E-state index is 12.5. The Morgan fingerprint density at radius 2 is 1.73 bits per heavy atom. The lowest BCUT2D eigenvalue weighted by Crippen LogP contribution is -2.43. The molecule has 0 radical (unpaired) electrons. The molecule has 1 fully saturated rings. The molecular formula is C23H24N2O5. The molecule has 2 atom stereocenters. The summed E-state index contributed by atoms with van der Waals surface area (Å²) in [7, 11) is 0. The highest BCUT2D eigenvalue weighted by molar-refractivity contribution is 6.00. The number of amides is 2. The molecule has 7 heteroatoms. The van der Waals surface area contributed by atoms with Crippen LogP contribution in [-0.4, -0.2) is 41.2 Å². The molecule has 1 N–H and O–H groups in total. The van der Waals surface area contributed by atoms with E-state index in [1.807, 2.05) is 32.0 Å². The van der Waals surface area contributed by atoms with Gasteiger partial charge in [0.2, 0.25) is 11.7 Å². The molecule has 1 aliphatic heterocycles. The van der Waals surface area contributed by atoms with Crippen LogP contribution in [-0.2, 0) is 14.3 Å². The molecule has 2 aromatic carbocycles. The van der Waals surface area contributed by atoms with E-state index >= 15 is 0 Å². The van der Waals surface area contributed by atoms with Gasteiger partial charge in [0.15, 0.2) is 6.10 Å². The molecule has 30 heavy (non-hydrogen) atoms. The Morgan fingerprint density at radius 1 is 1.03 bits per heavy atom. The van der Waals surface area contributed by atoms with Crippen LogP contribution in [0.3, 0.4) is 0 Å². The number of nitrogens with one attached hydrogen (secondary N) is 1. The lowest BCUT2D eigenvalue weighted by atomic mass is 10.1. The molecule has 0 aliphatic carbocycles. The van der Waals surface area contributed by atoms with Gasteiger partial charge in [0.05, 0.1) is 12.5 Å². The molecule has 0 spiro atoms. The smallest absolute Gasteiger partial charge is 0.312 e. The fourth-order valence-corrected chi connectivity index (χ4v) is 3.22. The predicted octanol–water partition coefficient (Wildman–Crippen LogP) is 2.61. The summed E-state index contributed by atoms with van der Waals surface area (Å²) < 4.78 is 5.30. The van der Waals surface area contributed by atoms with Crippen LogP contribution in [0.4, 0.5) is 0 Å². The van der Waals surface area contributed by atoms with Crippen molar-refractivity contribution in [3.63, 3.8) is 0 Å². The molecule has 156 valence electrons. The number of hydrogen-bond donors (Lipinski definition) is 1. The van der Waals surface area contributed by atoms with Gasteiger partial charge in [-0.3, -0.25) is 29.6 Å².